The van der Waals surface area contributed by atoms with E-state index < -0.39 is 0 Å². The molecule has 0 saturated carbocycles. The summed E-state index contributed by atoms with van der Waals surface area (Å²) >= 11 is 0. The first kappa shape index (κ1) is 23.8. The smallest absolute Gasteiger partial charge is 0.134 e. The summed E-state index contributed by atoms with van der Waals surface area (Å²) < 4.78 is 6.25. The highest BCUT2D eigenvalue weighted by Gasteiger charge is 2.20. The largest absolute Gasteiger partial charge is 0.456 e. The molecule has 3 heteroatoms. The molecule has 2 aliphatic carbocycles. The number of nitrogens with one attached hydrogen (secondary N) is 2. The van der Waals surface area contributed by atoms with Crippen molar-refractivity contribution in [2.75, 3.05) is 5.32 Å². The maximum absolute atomic E-state index is 6.25. The fraction of sp³-hybridized carbons (Fsp3) is 0.105. The Balaban J connectivity index is 1.13. The van der Waals surface area contributed by atoms with Crippen LogP contribution in [0.25, 0.3) is 39.5 Å². The summed E-state index contributed by atoms with van der Waals surface area (Å²) in [5, 5.41) is 6.38. The number of aromatic nitrogens is 1. The van der Waals surface area contributed by atoms with Crippen LogP contribution in [0.3, 0.4) is 0 Å². The quantitative estimate of drug-likeness (QED) is 0.238. The van der Waals surface area contributed by atoms with E-state index in [4.69, 9.17) is 4.74 Å². The van der Waals surface area contributed by atoms with Crippen molar-refractivity contribution in [1.82, 2.24) is 4.98 Å². The summed E-state index contributed by atoms with van der Waals surface area (Å²) in [6, 6.07) is 30.1. The molecule has 0 spiro atoms. The van der Waals surface area contributed by atoms with Crippen molar-refractivity contribution >= 4 is 45.2 Å². The number of fused-ring (bicyclic) bond motifs is 5. The van der Waals surface area contributed by atoms with Gasteiger partial charge in [0.2, 0.25) is 0 Å². The number of allylic oxidation sites excluding steroid dienone is 6. The number of aromatic amines is 1. The molecule has 0 saturated heterocycles. The lowest BCUT2D eigenvalue weighted by Gasteiger charge is -2.25. The lowest BCUT2D eigenvalue weighted by atomic mass is 9.86. The molecule has 3 nitrogen and oxygen atoms in total. The van der Waals surface area contributed by atoms with Gasteiger partial charge in [0.05, 0.1) is 0 Å². The van der Waals surface area contributed by atoms with E-state index in [1.165, 1.54) is 44.1 Å². The van der Waals surface area contributed by atoms with Gasteiger partial charge in [-0.3, -0.25) is 0 Å². The Kier molecular flexibility index (Phi) is 5.74. The minimum atomic E-state index is 0.158. The predicted molar refractivity (Wildman–Crippen MR) is 172 cm³/mol. The number of H-pyrrole nitrogens is 1. The van der Waals surface area contributed by atoms with Crippen molar-refractivity contribution in [2.24, 2.45) is 0 Å². The minimum Gasteiger partial charge on any atom is -0.456 e. The molecular weight excluding hydrogens is 500 g/mol. The Labute approximate surface area is 239 Å². The van der Waals surface area contributed by atoms with Gasteiger partial charge in [0.15, 0.2) is 0 Å². The van der Waals surface area contributed by atoms with Crippen LogP contribution < -0.4 is 10.1 Å². The third kappa shape index (κ3) is 4.50. The summed E-state index contributed by atoms with van der Waals surface area (Å²) in [5.74, 6) is 1.76. The summed E-state index contributed by atoms with van der Waals surface area (Å²) in [5.41, 5.74) is 10.8. The van der Waals surface area contributed by atoms with E-state index in [0.717, 1.165) is 47.6 Å². The Morgan fingerprint density at radius 3 is 2.51 bits per heavy atom. The van der Waals surface area contributed by atoms with Crippen LogP contribution in [0, 0.1) is 0 Å². The van der Waals surface area contributed by atoms with E-state index in [1.807, 2.05) is 18.2 Å². The summed E-state index contributed by atoms with van der Waals surface area (Å²) in [6.45, 7) is 0. The van der Waals surface area contributed by atoms with Gasteiger partial charge in [0.25, 0.3) is 0 Å². The minimum absolute atomic E-state index is 0.158. The van der Waals surface area contributed by atoms with Gasteiger partial charge in [-0.15, -0.1) is 0 Å². The third-order valence-electron chi connectivity index (χ3n) is 8.30. The van der Waals surface area contributed by atoms with Crippen LogP contribution in [-0.4, -0.2) is 11.0 Å². The van der Waals surface area contributed by atoms with Crippen molar-refractivity contribution in [1.29, 1.82) is 0 Å². The highest BCUT2D eigenvalue weighted by atomic mass is 16.5. The van der Waals surface area contributed by atoms with Crippen LogP contribution in [0.2, 0.25) is 0 Å². The normalized spacial score (nSPS) is 17.7. The van der Waals surface area contributed by atoms with Gasteiger partial charge in [-0.1, -0.05) is 91.1 Å². The predicted octanol–water partition coefficient (Wildman–Crippen LogP) is 10.1. The first-order valence-corrected chi connectivity index (χ1v) is 14.4. The highest BCUT2D eigenvalue weighted by molar-refractivity contribution is 6.07. The summed E-state index contributed by atoms with van der Waals surface area (Å²) in [6.07, 6.45) is 19.1. The zero-order chi connectivity index (χ0) is 27.2. The second-order valence-corrected chi connectivity index (χ2v) is 11.0. The molecule has 4 aromatic carbocycles. The second-order valence-electron chi connectivity index (χ2n) is 11.0. The van der Waals surface area contributed by atoms with Gasteiger partial charge < -0.3 is 15.0 Å². The molecule has 3 aliphatic rings. The molecule has 8 rings (SSSR count). The molecule has 0 fully saturated rings. The number of rotatable bonds is 4. The number of hydrogen-bond acceptors (Lipinski definition) is 2. The Bertz CT molecular complexity index is 1980. The molecule has 0 amide bonds. The van der Waals surface area contributed by atoms with Crippen LogP contribution in [0.15, 0.2) is 126 Å². The van der Waals surface area contributed by atoms with Crippen molar-refractivity contribution in [3.05, 3.63) is 143 Å². The molecule has 1 atom stereocenters. The van der Waals surface area contributed by atoms with E-state index >= 15 is 0 Å². The zero-order valence-corrected chi connectivity index (χ0v) is 22.7. The van der Waals surface area contributed by atoms with Gasteiger partial charge in [0.1, 0.15) is 11.5 Å². The van der Waals surface area contributed by atoms with Crippen molar-refractivity contribution in [3.8, 4) is 11.5 Å². The summed E-state index contributed by atoms with van der Waals surface area (Å²) in [4.78, 5) is 3.63. The van der Waals surface area contributed by atoms with Crippen LogP contribution in [0.1, 0.15) is 36.0 Å². The van der Waals surface area contributed by atoms with Gasteiger partial charge in [-0.2, -0.15) is 0 Å². The number of para-hydroxylation sites is 2. The second kappa shape index (κ2) is 9.87. The lowest BCUT2D eigenvalue weighted by molar-refractivity contribution is 0.481. The van der Waals surface area contributed by atoms with Gasteiger partial charge in [-0.05, 0) is 77.9 Å². The molecule has 2 heterocycles. The van der Waals surface area contributed by atoms with Gasteiger partial charge >= 0.3 is 0 Å². The van der Waals surface area contributed by atoms with Crippen LogP contribution in [0.4, 0.5) is 5.69 Å². The molecule has 0 radical (unpaired) electrons. The highest BCUT2D eigenvalue weighted by Crippen LogP contribution is 2.38. The lowest BCUT2D eigenvalue weighted by Crippen LogP contribution is -2.21. The van der Waals surface area contributed by atoms with Crippen molar-refractivity contribution < 1.29 is 4.74 Å². The van der Waals surface area contributed by atoms with E-state index in [9.17, 15) is 0 Å². The van der Waals surface area contributed by atoms with Gasteiger partial charge in [-0.25, -0.2) is 0 Å². The average Bonchev–Trinajstić information content (AvgIpc) is 3.29. The van der Waals surface area contributed by atoms with Crippen LogP contribution in [-0.2, 0) is 0 Å². The molecule has 5 aromatic rings. The SMILES string of the molecule is C1=CC(C2=CC(Nc3ccc4c(c3)C=Cc3ccccc3O4)CC(c3ccc4c(c3)[nH]c3ccccc34)=C2)=CCC1. The van der Waals surface area contributed by atoms with E-state index in [-0.39, 0.29) is 6.04 Å². The molecule has 1 aromatic heterocycles. The number of anilines is 1. The van der Waals surface area contributed by atoms with E-state index in [2.05, 4.69) is 120 Å². The molecule has 0 bridgehead atoms. The first-order chi connectivity index (χ1) is 20.3. The topological polar surface area (TPSA) is 37.0 Å². The van der Waals surface area contributed by atoms with E-state index in [0.29, 0.717) is 0 Å². The summed E-state index contributed by atoms with van der Waals surface area (Å²) in [7, 11) is 0. The van der Waals surface area contributed by atoms with Crippen molar-refractivity contribution in [2.45, 2.75) is 25.3 Å². The first-order valence-electron chi connectivity index (χ1n) is 14.4. The Morgan fingerprint density at radius 2 is 1.56 bits per heavy atom. The van der Waals surface area contributed by atoms with Crippen LogP contribution >= 0.6 is 0 Å². The Morgan fingerprint density at radius 1 is 0.707 bits per heavy atom. The molecular formula is C38H30N2O. The Hall–Kier alpha value is -5.02. The average molecular weight is 531 g/mol. The number of benzene rings is 4. The maximum Gasteiger partial charge on any atom is 0.134 e. The third-order valence-corrected chi connectivity index (χ3v) is 8.30. The van der Waals surface area contributed by atoms with Gasteiger partial charge in [0, 0.05) is 44.7 Å². The molecule has 1 unspecified atom stereocenters. The standard InChI is InChI=1S/C38H30N2O/c1-2-8-25(9-3-1)29-20-30(27-16-18-34-33-11-5-6-12-35(33)40-36(34)24-27)23-32(22-29)39-31-17-19-38-28(21-31)15-14-26-10-4-7-13-37(26)41-38/h2,4-22,24,32,39-40H,1,3,23H2. The number of hydrogen-bond donors (Lipinski definition) is 2. The van der Waals surface area contributed by atoms with Crippen molar-refractivity contribution in [3.63, 3.8) is 0 Å². The monoisotopic (exact) mass is 530 g/mol. The fourth-order valence-corrected chi connectivity index (χ4v) is 6.25. The molecule has 198 valence electrons. The van der Waals surface area contributed by atoms with Crippen LogP contribution in [0.5, 0.6) is 11.5 Å². The number of ether oxygens (including phenoxy) is 1. The fourth-order valence-electron chi connectivity index (χ4n) is 6.25. The molecule has 2 N–H and O–H groups in total. The van der Waals surface area contributed by atoms with E-state index in [1.54, 1.807) is 0 Å². The zero-order valence-electron chi connectivity index (χ0n) is 22.7. The molecule has 1 aliphatic heterocycles. The maximum atomic E-state index is 6.25. The molecule has 41 heavy (non-hydrogen) atoms.